The maximum absolute atomic E-state index is 11.9. The van der Waals surface area contributed by atoms with E-state index in [-0.39, 0.29) is 5.43 Å². The highest BCUT2D eigenvalue weighted by atomic mass is 16.1. The normalized spacial score (nSPS) is 9.75. The Morgan fingerprint density at radius 2 is 1.81 bits per heavy atom. The van der Waals surface area contributed by atoms with Gasteiger partial charge in [-0.05, 0) is 18.6 Å². The average molecular weight is 217 g/mol. The summed E-state index contributed by atoms with van der Waals surface area (Å²) in [5.41, 5.74) is 2.04. The second-order valence-electron chi connectivity index (χ2n) is 3.47. The molecule has 0 saturated heterocycles. The van der Waals surface area contributed by atoms with Crippen LogP contribution in [0.5, 0.6) is 0 Å². The Kier molecular flexibility index (Phi) is 4.29. The van der Waals surface area contributed by atoms with E-state index in [2.05, 4.69) is 0 Å². The third-order valence-electron chi connectivity index (χ3n) is 2.55. The van der Waals surface area contributed by atoms with E-state index in [1.54, 1.807) is 0 Å². The topological polar surface area (TPSA) is 22.0 Å². The van der Waals surface area contributed by atoms with Gasteiger partial charge in [-0.3, -0.25) is 4.79 Å². The van der Waals surface area contributed by atoms with Crippen molar-refractivity contribution in [1.82, 2.24) is 4.57 Å². The number of nitrogens with zero attached hydrogens (tertiary/aromatic N) is 1. The summed E-state index contributed by atoms with van der Waals surface area (Å²) < 4.78 is 2.01. The van der Waals surface area contributed by atoms with E-state index in [4.69, 9.17) is 0 Å². The molecule has 0 unspecified atom stereocenters. The van der Waals surface area contributed by atoms with Crippen molar-refractivity contribution >= 4 is 10.9 Å². The van der Waals surface area contributed by atoms with Crippen LogP contribution in [0.2, 0.25) is 0 Å². The second-order valence-corrected chi connectivity index (χ2v) is 3.47. The zero-order valence-electron chi connectivity index (χ0n) is 10.4. The lowest BCUT2D eigenvalue weighted by molar-refractivity contribution is 0.920. The molecular formula is C14H19NO. The highest BCUT2D eigenvalue weighted by Crippen LogP contribution is 2.09. The number of hydrogen-bond donors (Lipinski definition) is 0. The van der Waals surface area contributed by atoms with Gasteiger partial charge in [0, 0.05) is 24.2 Å². The summed E-state index contributed by atoms with van der Waals surface area (Å²) in [5, 5.41) is 0.814. The summed E-state index contributed by atoms with van der Waals surface area (Å²) in [5.74, 6) is 0. The highest BCUT2D eigenvalue weighted by molar-refractivity contribution is 5.79. The first kappa shape index (κ1) is 12.5. The van der Waals surface area contributed by atoms with Crippen LogP contribution in [0.15, 0.2) is 35.3 Å². The van der Waals surface area contributed by atoms with Crippen LogP contribution in [-0.4, -0.2) is 4.57 Å². The number of aromatic nitrogens is 1. The van der Waals surface area contributed by atoms with Crippen LogP contribution in [0, 0.1) is 0 Å². The Labute approximate surface area is 96.5 Å². The molecule has 16 heavy (non-hydrogen) atoms. The molecule has 0 fully saturated rings. The van der Waals surface area contributed by atoms with Gasteiger partial charge in [0.15, 0.2) is 5.43 Å². The van der Waals surface area contributed by atoms with E-state index in [0.717, 1.165) is 22.9 Å². The van der Waals surface area contributed by atoms with E-state index in [1.807, 2.05) is 62.8 Å². The average Bonchev–Trinajstić information content (AvgIpc) is 2.36. The summed E-state index contributed by atoms with van der Waals surface area (Å²) in [6.45, 7) is 6.01. The molecule has 0 aliphatic carbocycles. The Morgan fingerprint density at radius 1 is 1.19 bits per heavy atom. The Balaban J connectivity index is 0.000000606. The number of fused-ring (bicyclic) bond motifs is 1. The van der Waals surface area contributed by atoms with Gasteiger partial charge in [-0.2, -0.15) is 0 Å². The summed E-state index contributed by atoms with van der Waals surface area (Å²) in [4.78, 5) is 11.9. The van der Waals surface area contributed by atoms with Crippen molar-refractivity contribution in [2.45, 2.75) is 27.2 Å². The van der Waals surface area contributed by atoms with Gasteiger partial charge in [0.05, 0.1) is 5.52 Å². The van der Waals surface area contributed by atoms with Crippen molar-refractivity contribution in [2.24, 2.45) is 7.05 Å². The summed E-state index contributed by atoms with van der Waals surface area (Å²) >= 11 is 0. The van der Waals surface area contributed by atoms with Crippen LogP contribution < -0.4 is 5.43 Å². The molecule has 0 aliphatic rings. The van der Waals surface area contributed by atoms with E-state index < -0.39 is 0 Å². The number of hydrogen-bond acceptors (Lipinski definition) is 1. The standard InChI is InChI=1S/C12H13NO.C2H6/c1-3-9-8-13(2)11-7-5-4-6-10(11)12(9)14;1-2/h4-8H,3H2,1-2H3;1-2H3. The maximum atomic E-state index is 11.9. The molecule has 0 atom stereocenters. The van der Waals surface area contributed by atoms with Crippen molar-refractivity contribution in [3.8, 4) is 0 Å². The predicted molar refractivity (Wildman–Crippen MR) is 69.9 cm³/mol. The fraction of sp³-hybridized carbons (Fsp3) is 0.357. The molecule has 2 rings (SSSR count). The van der Waals surface area contributed by atoms with Gasteiger partial charge in [-0.25, -0.2) is 0 Å². The highest BCUT2D eigenvalue weighted by Gasteiger charge is 2.04. The molecule has 0 radical (unpaired) electrons. The van der Waals surface area contributed by atoms with Gasteiger partial charge in [0.2, 0.25) is 0 Å². The van der Waals surface area contributed by atoms with E-state index in [9.17, 15) is 4.79 Å². The number of para-hydroxylation sites is 1. The zero-order chi connectivity index (χ0) is 12.1. The van der Waals surface area contributed by atoms with Gasteiger partial charge in [-0.1, -0.05) is 32.9 Å². The van der Waals surface area contributed by atoms with Crippen LogP contribution in [0.3, 0.4) is 0 Å². The van der Waals surface area contributed by atoms with E-state index in [0.29, 0.717) is 0 Å². The van der Waals surface area contributed by atoms with Gasteiger partial charge >= 0.3 is 0 Å². The molecule has 1 aromatic carbocycles. The first-order valence-electron chi connectivity index (χ1n) is 5.81. The Hall–Kier alpha value is -1.57. The smallest absolute Gasteiger partial charge is 0.192 e. The number of aryl methyl sites for hydroxylation is 2. The fourth-order valence-corrected chi connectivity index (χ4v) is 1.76. The molecule has 2 aromatic rings. The largest absolute Gasteiger partial charge is 0.350 e. The summed E-state index contributed by atoms with van der Waals surface area (Å²) in [6.07, 6.45) is 2.71. The molecule has 1 heterocycles. The number of rotatable bonds is 1. The predicted octanol–water partition coefficient (Wildman–Crippen LogP) is 3.13. The van der Waals surface area contributed by atoms with Crippen LogP contribution in [0.25, 0.3) is 10.9 Å². The monoisotopic (exact) mass is 217 g/mol. The first-order chi connectivity index (χ1) is 7.74. The van der Waals surface area contributed by atoms with Gasteiger partial charge < -0.3 is 4.57 Å². The quantitative estimate of drug-likeness (QED) is 0.719. The minimum atomic E-state index is 0.168. The lowest BCUT2D eigenvalue weighted by atomic mass is 10.1. The molecule has 2 nitrogen and oxygen atoms in total. The molecule has 2 heteroatoms. The molecule has 0 saturated carbocycles. The Morgan fingerprint density at radius 3 is 2.44 bits per heavy atom. The minimum Gasteiger partial charge on any atom is -0.350 e. The van der Waals surface area contributed by atoms with E-state index in [1.165, 1.54) is 0 Å². The lowest BCUT2D eigenvalue weighted by Gasteiger charge is -2.06. The first-order valence-corrected chi connectivity index (χ1v) is 5.81. The zero-order valence-corrected chi connectivity index (χ0v) is 10.4. The third kappa shape index (κ3) is 2.16. The molecule has 0 amide bonds. The maximum Gasteiger partial charge on any atom is 0.192 e. The van der Waals surface area contributed by atoms with Crippen molar-refractivity contribution in [3.63, 3.8) is 0 Å². The molecular weight excluding hydrogens is 198 g/mol. The lowest BCUT2D eigenvalue weighted by Crippen LogP contribution is -2.12. The van der Waals surface area contributed by atoms with Crippen molar-refractivity contribution in [2.75, 3.05) is 0 Å². The van der Waals surface area contributed by atoms with E-state index >= 15 is 0 Å². The van der Waals surface area contributed by atoms with Crippen LogP contribution in [0.1, 0.15) is 26.3 Å². The van der Waals surface area contributed by atoms with Gasteiger partial charge in [0.1, 0.15) is 0 Å². The minimum absolute atomic E-state index is 0.168. The summed E-state index contributed by atoms with van der Waals surface area (Å²) in [6, 6.07) is 7.71. The van der Waals surface area contributed by atoms with Gasteiger partial charge in [-0.15, -0.1) is 0 Å². The van der Waals surface area contributed by atoms with Crippen molar-refractivity contribution < 1.29 is 0 Å². The van der Waals surface area contributed by atoms with Crippen molar-refractivity contribution in [1.29, 1.82) is 0 Å². The molecule has 0 bridgehead atoms. The third-order valence-corrected chi connectivity index (χ3v) is 2.55. The van der Waals surface area contributed by atoms with Gasteiger partial charge in [0.25, 0.3) is 0 Å². The summed E-state index contributed by atoms with van der Waals surface area (Å²) in [7, 11) is 1.97. The Bertz CT molecular complexity index is 526. The SMILES string of the molecule is CC.CCc1cn(C)c2ccccc2c1=O. The fourth-order valence-electron chi connectivity index (χ4n) is 1.76. The molecule has 1 aromatic heterocycles. The number of benzene rings is 1. The van der Waals surface area contributed by atoms with Crippen molar-refractivity contribution in [3.05, 3.63) is 46.2 Å². The number of pyridine rings is 1. The van der Waals surface area contributed by atoms with Crippen LogP contribution in [-0.2, 0) is 13.5 Å². The molecule has 86 valence electrons. The molecule has 0 spiro atoms. The van der Waals surface area contributed by atoms with Crippen LogP contribution in [0.4, 0.5) is 0 Å². The molecule has 0 N–H and O–H groups in total. The molecule has 0 aliphatic heterocycles. The van der Waals surface area contributed by atoms with Crippen LogP contribution >= 0.6 is 0 Å². The second kappa shape index (κ2) is 5.50.